The first kappa shape index (κ1) is 12.3. The van der Waals surface area contributed by atoms with Gasteiger partial charge in [0.1, 0.15) is 0 Å². The van der Waals surface area contributed by atoms with E-state index in [2.05, 4.69) is 5.10 Å². The van der Waals surface area contributed by atoms with Gasteiger partial charge in [0.05, 0.1) is 21.9 Å². The van der Waals surface area contributed by atoms with Crippen molar-refractivity contribution in [3.8, 4) is 0 Å². The van der Waals surface area contributed by atoms with E-state index in [1.54, 1.807) is 18.2 Å². The number of para-hydroxylation sites is 2. The average molecular weight is 267 g/mol. The number of hydrogen-bond donors (Lipinski definition) is 0. The van der Waals surface area contributed by atoms with Crippen LogP contribution in [0.25, 0.3) is 0 Å². The number of rotatable bonds is 3. The van der Waals surface area contributed by atoms with Crippen LogP contribution in [0.2, 0.25) is 0 Å². The molecule has 0 radical (unpaired) electrons. The summed E-state index contributed by atoms with van der Waals surface area (Å²) in [5, 5.41) is 17.5. The van der Waals surface area contributed by atoms with Crippen molar-refractivity contribution in [2.75, 3.05) is 11.6 Å². The van der Waals surface area contributed by atoms with E-state index in [-0.39, 0.29) is 10.6 Å². The van der Waals surface area contributed by atoms with Crippen LogP contribution in [0.1, 0.15) is 12.0 Å². The second kappa shape index (κ2) is 5.13. The van der Waals surface area contributed by atoms with E-state index in [1.165, 1.54) is 6.07 Å². The third kappa shape index (κ3) is 2.25. The van der Waals surface area contributed by atoms with Crippen molar-refractivity contribution in [2.24, 2.45) is 5.10 Å². The van der Waals surface area contributed by atoms with Gasteiger partial charge in [-0.3, -0.25) is 15.1 Å². The summed E-state index contributed by atoms with van der Waals surface area (Å²) in [7, 11) is 0. The van der Waals surface area contributed by atoms with Crippen LogP contribution in [0.5, 0.6) is 0 Å². The fraction of sp³-hybridized carbons (Fsp3) is 0.133. The van der Waals surface area contributed by atoms with Gasteiger partial charge in [0, 0.05) is 19.0 Å². The van der Waals surface area contributed by atoms with Crippen molar-refractivity contribution < 1.29 is 4.92 Å². The van der Waals surface area contributed by atoms with Crippen LogP contribution in [0, 0.1) is 10.1 Å². The Morgan fingerprint density at radius 1 is 1.05 bits per heavy atom. The maximum absolute atomic E-state index is 11.1. The van der Waals surface area contributed by atoms with E-state index >= 15 is 0 Å². The molecule has 0 spiro atoms. The van der Waals surface area contributed by atoms with Gasteiger partial charge in [0.15, 0.2) is 0 Å². The summed E-state index contributed by atoms with van der Waals surface area (Å²) in [6.07, 6.45) is 0.708. The summed E-state index contributed by atoms with van der Waals surface area (Å²) in [5.41, 5.74) is 2.49. The molecule has 2 aromatic rings. The standard InChI is InChI=1S/C15H13N3O2/c19-18(20)15-9-5-4-8-13(15)14-10-11-17(16-14)12-6-2-1-3-7-12/h1-9H,10-11H2. The van der Waals surface area contributed by atoms with Crippen LogP contribution in [-0.4, -0.2) is 17.2 Å². The summed E-state index contributed by atoms with van der Waals surface area (Å²) in [6.45, 7) is 0.741. The van der Waals surface area contributed by atoms with E-state index in [0.29, 0.717) is 12.0 Å². The molecule has 0 saturated carbocycles. The zero-order valence-electron chi connectivity index (χ0n) is 10.8. The van der Waals surface area contributed by atoms with Crippen molar-refractivity contribution in [3.05, 3.63) is 70.3 Å². The zero-order chi connectivity index (χ0) is 13.9. The Labute approximate surface area is 116 Å². The molecular weight excluding hydrogens is 254 g/mol. The van der Waals surface area contributed by atoms with Gasteiger partial charge in [-0.05, 0) is 18.2 Å². The summed E-state index contributed by atoms with van der Waals surface area (Å²) >= 11 is 0. The Morgan fingerprint density at radius 3 is 2.50 bits per heavy atom. The fourth-order valence-corrected chi connectivity index (χ4v) is 2.31. The molecule has 0 unspecified atom stereocenters. The molecule has 3 rings (SSSR count). The van der Waals surface area contributed by atoms with Gasteiger partial charge in [0.25, 0.3) is 5.69 Å². The van der Waals surface area contributed by atoms with E-state index < -0.39 is 0 Å². The smallest absolute Gasteiger partial charge is 0.265 e. The molecule has 5 heteroatoms. The zero-order valence-corrected chi connectivity index (χ0v) is 10.8. The molecule has 0 amide bonds. The lowest BCUT2D eigenvalue weighted by atomic mass is 10.1. The number of hydrogen-bond acceptors (Lipinski definition) is 4. The van der Waals surface area contributed by atoms with Gasteiger partial charge in [-0.25, -0.2) is 0 Å². The number of benzene rings is 2. The summed E-state index contributed by atoms with van der Waals surface area (Å²) in [5.74, 6) is 0. The number of nitro benzene ring substituents is 1. The summed E-state index contributed by atoms with van der Waals surface area (Å²) in [6, 6.07) is 16.6. The summed E-state index contributed by atoms with van der Waals surface area (Å²) in [4.78, 5) is 10.7. The minimum absolute atomic E-state index is 0.112. The van der Waals surface area contributed by atoms with Crippen molar-refractivity contribution in [2.45, 2.75) is 6.42 Å². The Hall–Kier alpha value is -2.69. The third-order valence-electron chi connectivity index (χ3n) is 3.27. The lowest BCUT2D eigenvalue weighted by Crippen LogP contribution is -2.11. The van der Waals surface area contributed by atoms with Gasteiger partial charge in [-0.2, -0.15) is 5.10 Å². The van der Waals surface area contributed by atoms with E-state index in [0.717, 1.165) is 17.9 Å². The second-order valence-electron chi connectivity index (χ2n) is 4.53. The molecule has 0 bridgehead atoms. The predicted octanol–water partition coefficient (Wildman–Crippen LogP) is 3.21. The van der Waals surface area contributed by atoms with Crippen molar-refractivity contribution in [3.63, 3.8) is 0 Å². The third-order valence-corrected chi connectivity index (χ3v) is 3.27. The van der Waals surface area contributed by atoms with Gasteiger partial charge >= 0.3 is 0 Å². The largest absolute Gasteiger partial charge is 0.278 e. The van der Waals surface area contributed by atoms with Crippen LogP contribution >= 0.6 is 0 Å². The van der Waals surface area contributed by atoms with Gasteiger partial charge in [-0.15, -0.1) is 0 Å². The highest BCUT2D eigenvalue weighted by atomic mass is 16.6. The van der Waals surface area contributed by atoms with Crippen molar-refractivity contribution in [1.29, 1.82) is 0 Å². The highest BCUT2D eigenvalue weighted by Crippen LogP contribution is 2.25. The Morgan fingerprint density at radius 2 is 1.75 bits per heavy atom. The fourth-order valence-electron chi connectivity index (χ4n) is 2.31. The number of hydrazone groups is 1. The van der Waals surface area contributed by atoms with E-state index in [1.807, 2.05) is 35.3 Å². The first-order chi connectivity index (χ1) is 9.75. The quantitative estimate of drug-likeness (QED) is 0.633. The van der Waals surface area contributed by atoms with Gasteiger partial charge < -0.3 is 0 Å². The molecule has 1 aliphatic rings. The molecule has 100 valence electrons. The molecule has 5 nitrogen and oxygen atoms in total. The molecule has 0 fully saturated rings. The second-order valence-corrected chi connectivity index (χ2v) is 4.53. The number of nitro groups is 1. The summed E-state index contributed by atoms with van der Waals surface area (Å²) < 4.78 is 0. The topological polar surface area (TPSA) is 58.7 Å². The molecular formula is C15H13N3O2. The van der Waals surface area contributed by atoms with Crippen LogP contribution in [0.15, 0.2) is 59.7 Å². The molecule has 0 saturated heterocycles. The minimum atomic E-state index is -0.358. The lowest BCUT2D eigenvalue weighted by Gasteiger charge is -2.12. The molecule has 20 heavy (non-hydrogen) atoms. The van der Waals surface area contributed by atoms with E-state index in [4.69, 9.17) is 0 Å². The highest BCUT2D eigenvalue weighted by molar-refractivity contribution is 6.05. The Kier molecular flexibility index (Phi) is 3.16. The van der Waals surface area contributed by atoms with Crippen LogP contribution in [-0.2, 0) is 0 Å². The molecule has 1 aliphatic heterocycles. The predicted molar refractivity (Wildman–Crippen MR) is 78.0 cm³/mol. The maximum Gasteiger partial charge on any atom is 0.278 e. The number of anilines is 1. The van der Waals surface area contributed by atoms with Gasteiger partial charge in [-0.1, -0.05) is 30.3 Å². The monoisotopic (exact) mass is 267 g/mol. The first-order valence-electron chi connectivity index (χ1n) is 6.39. The van der Waals surface area contributed by atoms with Crippen LogP contribution in [0.4, 0.5) is 11.4 Å². The molecule has 2 aromatic carbocycles. The van der Waals surface area contributed by atoms with Gasteiger partial charge in [0.2, 0.25) is 0 Å². The van der Waals surface area contributed by atoms with Crippen LogP contribution in [0.3, 0.4) is 0 Å². The van der Waals surface area contributed by atoms with Crippen LogP contribution < -0.4 is 5.01 Å². The molecule has 1 heterocycles. The average Bonchev–Trinajstić information content (AvgIpc) is 2.98. The number of nitrogens with zero attached hydrogens (tertiary/aromatic N) is 3. The Balaban J connectivity index is 1.95. The SMILES string of the molecule is O=[N+]([O-])c1ccccc1C1=NN(c2ccccc2)CC1. The van der Waals surface area contributed by atoms with Crippen molar-refractivity contribution in [1.82, 2.24) is 0 Å². The molecule has 0 atom stereocenters. The molecule has 0 N–H and O–H groups in total. The van der Waals surface area contributed by atoms with E-state index in [9.17, 15) is 10.1 Å². The molecule has 0 aromatic heterocycles. The Bertz CT molecular complexity index is 668. The lowest BCUT2D eigenvalue weighted by molar-refractivity contribution is -0.385. The first-order valence-corrected chi connectivity index (χ1v) is 6.39. The highest BCUT2D eigenvalue weighted by Gasteiger charge is 2.23. The minimum Gasteiger partial charge on any atom is -0.265 e. The normalized spacial score (nSPS) is 14.2. The maximum atomic E-state index is 11.1. The molecule has 0 aliphatic carbocycles. The van der Waals surface area contributed by atoms with Crippen molar-refractivity contribution >= 4 is 17.1 Å².